The van der Waals surface area contributed by atoms with Crippen LogP contribution >= 0.6 is 0 Å². The van der Waals surface area contributed by atoms with Crippen LogP contribution in [0.1, 0.15) is 22.9 Å². The topological polar surface area (TPSA) is 35.3 Å². The zero-order chi connectivity index (χ0) is 10.3. The van der Waals surface area contributed by atoms with Gasteiger partial charge in [0.1, 0.15) is 23.9 Å². The highest BCUT2D eigenvalue weighted by atomic mass is 19.1. The summed E-state index contributed by atoms with van der Waals surface area (Å²) in [7, 11) is 0. The molecule has 0 aliphatic carbocycles. The van der Waals surface area contributed by atoms with Crippen molar-refractivity contribution in [1.29, 1.82) is 0 Å². The molecule has 0 amide bonds. The Morgan fingerprint density at radius 3 is 2.87 bits per heavy atom. The van der Waals surface area contributed by atoms with Gasteiger partial charge >= 0.3 is 0 Å². The second kappa shape index (κ2) is 3.17. The van der Waals surface area contributed by atoms with Crippen molar-refractivity contribution in [3.05, 3.63) is 53.2 Å². The number of rotatable bonds is 1. The predicted octanol–water partition coefficient (Wildman–Crippen LogP) is 2.43. The molecule has 1 aromatic carbocycles. The number of benzene rings is 1. The summed E-state index contributed by atoms with van der Waals surface area (Å²) in [5.74, 6) is -0.253. The highest BCUT2D eigenvalue weighted by molar-refractivity contribution is 5.32. The Balaban J connectivity index is 2.00. The molecular weight excluding hydrogens is 197 g/mol. The fourth-order valence-electron chi connectivity index (χ4n) is 1.73. The summed E-state index contributed by atoms with van der Waals surface area (Å²) in [4.78, 5) is 0. The molecule has 2 aromatic rings. The van der Waals surface area contributed by atoms with E-state index in [2.05, 4.69) is 5.16 Å². The molecule has 1 aliphatic heterocycles. The summed E-state index contributed by atoms with van der Waals surface area (Å²) < 4.78 is 23.1. The number of halogens is 1. The average molecular weight is 205 g/mol. The molecule has 0 saturated heterocycles. The van der Waals surface area contributed by atoms with Gasteiger partial charge in [-0.05, 0) is 17.7 Å². The second-order valence-electron chi connectivity index (χ2n) is 3.47. The third-order valence-electron chi connectivity index (χ3n) is 2.50. The van der Waals surface area contributed by atoms with Gasteiger partial charge in [0.05, 0.1) is 6.61 Å². The van der Waals surface area contributed by atoms with E-state index in [9.17, 15) is 4.39 Å². The van der Waals surface area contributed by atoms with Crippen LogP contribution in [0.2, 0.25) is 0 Å². The van der Waals surface area contributed by atoms with Gasteiger partial charge in [0.25, 0.3) is 0 Å². The summed E-state index contributed by atoms with van der Waals surface area (Å²) in [6.07, 6.45) is 1.36. The van der Waals surface area contributed by atoms with Crippen LogP contribution in [0.15, 0.2) is 35.1 Å². The highest BCUT2D eigenvalue weighted by Crippen LogP contribution is 2.34. The first-order chi connectivity index (χ1) is 7.34. The molecular formula is C11H8FNO2. The van der Waals surface area contributed by atoms with E-state index in [1.807, 2.05) is 0 Å². The van der Waals surface area contributed by atoms with E-state index in [-0.39, 0.29) is 11.9 Å². The third kappa shape index (κ3) is 1.34. The monoisotopic (exact) mass is 205 g/mol. The SMILES string of the molecule is Fc1ccc(C2OCc3conc32)cc1. The van der Waals surface area contributed by atoms with Crippen molar-refractivity contribution in [3.8, 4) is 0 Å². The van der Waals surface area contributed by atoms with Gasteiger partial charge in [-0.25, -0.2) is 4.39 Å². The van der Waals surface area contributed by atoms with Gasteiger partial charge in [-0.15, -0.1) is 0 Å². The maximum Gasteiger partial charge on any atom is 0.129 e. The minimum Gasteiger partial charge on any atom is -0.364 e. The van der Waals surface area contributed by atoms with Gasteiger partial charge in [0, 0.05) is 5.56 Å². The normalized spacial score (nSPS) is 19.1. The highest BCUT2D eigenvalue weighted by Gasteiger charge is 2.28. The van der Waals surface area contributed by atoms with Crippen molar-refractivity contribution in [1.82, 2.24) is 5.16 Å². The standard InChI is InChI=1S/C11H8FNO2/c12-9-3-1-7(2-4-9)11-10-8(5-14-11)6-15-13-10/h1-4,6,11H,5H2. The van der Waals surface area contributed by atoms with Crippen molar-refractivity contribution in [2.75, 3.05) is 0 Å². The molecule has 0 saturated carbocycles. The molecule has 0 N–H and O–H groups in total. The van der Waals surface area contributed by atoms with Gasteiger partial charge in [-0.1, -0.05) is 17.3 Å². The van der Waals surface area contributed by atoms with Crippen molar-refractivity contribution in [2.45, 2.75) is 12.7 Å². The minimum atomic E-state index is -0.253. The van der Waals surface area contributed by atoms with E-state index in [1.54, 1.807) is 18.4 Å². The lowest BCUT2D eigenvalue weighted by Crippen LogP contribution is -1.99. The summed E-state index contributed by atoms with van der Waals surface area (Å²) in [6.45, 7) is 0.501. The predicted molar refractivity (Wildman–Crippen MR) is 49.5 cm³/mol. The van der Waals surface area contributed by atoms with Crippen molar-refractivity contribution in [3.63, 3.8) is 0 Å². The van der Waals surface area contributed by atoms with E-state index in [0.717, 1.165) is 16.8 Å². The fourth-order valence-corrected chi connectivity index (χ4v) is 1.73. The Morgan fingerprint density at radius 1 is 1.27 bits per heavy atom. The van der Waals surface area contributed by atoms with E-state index in [1.165, 1.54) is 12.1 Å². The molecule has 1 unspecified atom stereocenters. The quantitative estimate of drug-likeness (QED) is 0.717. The number of fused-ring (bicyclic) bond motifs is 1. The van der Waals surface area contributed by atoms with Gasteiger partial charge in [0.15, 0.2) is 0 Å². The van der Waals surface area contributed by atoms with Crippen LogP contribution in [0.5, 0.6) is 0 Å². The van der Waals surface area contributed by atoms with E-state index in [4.69, 9.17) is 9.26 Å². The molecule has 0 fully saturated rings. The van der Waals surface area contributed by atoms with Crippen LogP contribution in [0.25, 0.3) is 0 Å². The maximum absolute atomic E-state index is 12.7. The zero-order valence-corrected chi connectivity index (χ0v) is 7.81. The second-order valence-corrected chi connectivity index (χ2v) is 3.47. The van der Waals surface area contributed by atoms with Gasteiger partial charge < -0.3 is 9.26 Å². The van der Waals surface area contributed by atoms with Crippen LogP contribution in [0, 0.1) is 5.82 Å². The fraction of sp³-hybridized carbons (Fsp3) is 0.182. The molecule has 1 aliphatic rings. The van der Waals surface area contributed by atoms with Crippen LogP contribution < -0.4 is 0 Å². The number of aromatic nitrogens is 1. The van der Waals surface area contributed by atoms with Gasteiger partial charge in [-0.2, -0.15) is 0 Å². The Bertz CT molecular complexity index is 478. The molecule has 3 rings (SSSR count). The molecule has 3 nitrogen and oxygen atoms in total. The van der Waals surface area contributed by atoms with Crippen molar-refractivity contribution < 1.29 is 13.7 Å². The van der Waals surface area contributed by atoms with Gasteiger partial charge in [-0.3, -0.25) is 0 Å². The first-order valence-corrected chi connectivity index (χ1v) is 4.65. The smallest absolute Gasteiger partial charge is 0.129 e. The van der Waals surface area contributed by atoms with E-state index < -0.39 is 0 Å². The zero-order valence-electron chi connectivity index (χ0n) is 7.81. The Labute approximate surface area is 85.5 Å². The molecule has 0 spiro atoms. The number of ether oxygens (including phenoxy) is 1. The molecule has 4 heteroatoms. The number of hydrogen-bond donors (Lipinski definition) is 0. The van der Waals surface area contributed by atoms with E-state index in [0.29, 0.717) is 6.61 Å². The molecule has 15 heavy (non-hydrogen) atoms. The molecule has 1 aromatic heterocycles. The average Bonchev–Trinajstić information content (AvgIpc) is 2.80. The molecule has 1 atom stereocenters. The first-order valence-electron chi connectivity index (χ1n) is 4.65. The van der Waals surface area contributed by atoms with Crippen molar-refractivity contribution >= 4 is 0 Å². The number of nitrogens with zero attached hydrogens (tertiary/aromatic N) is 1. The molecule has 2 heterocycles. The lowest BCUT2D eigenvalue weighted by atomic mass is 10.1. The molecule has 0 bridgehead atoms. The van der Waals surface area contributed by atoms with Gasteiger partial charge in [0.2, 0.25) is 0 Å². The van der Waals surface area contributed by atoms with Crippen LogP contribution in [0.4, 0.5) is 4.39 Å². The Kier molecular flexibility index (Phi) is 1.82. The van der Waals surface area contributed by atoms with Crippen LogP contribution in [-0.2, 0) is 11.3 Å². The maximum atomic E-state index is 12.7. The first kappa shape index (κ1) is 8.61. The summed E-state index contributed by atoms with van der Waals surface area (Å²) in [5, 5.41) is 3.88. The van der Waals surface area contributed by atoms with Crippen LogP contribution in [0.3, 0.4) is 0 Å². The van der Waals surface area contributed by atoms with Crippen LogP contribution in [-0.4, -0.2) is 5.16 Å². The molecule has 76 valence electrons. The summed E-state index contributed by atoms with van der Waals surface area (Å²) in [5.41, 5.74) is 2.65. The molecule has 0 radical (unpaired) electrons. The van der Waals surface area contributed by atoms with E-state index >= 15 is 0 Å². The summed E-state index contributed by atoms with van der Waals surface area (Å²) in [6, 6.07) is 6.22. The Morgan fingerprint density at radius 2 is 2.07 bits per heavy atom. The Hall–Kier alpha value is -1.68. The lowest BCUT2D eigenvalue weighted by Gasteiger charge is -2.08. The lowest BCUT2D eigenvalue weighted by molar-refractivity contribution is 0.0862. The largest absolute Gasteiger partial charge is 0.364 e. The van der Waals surface area contributed by atoms with Crippen molar-refractivity contribution in [2.24, 2.45) is 0 Å². The minimum absolute atomic E-state index is 0.223. The summed E-state index contributed by atoms with van der Waals surface area (Å²) >= 11 is 0. The third-order valence-corrected chi connectivity index (χ3v) is 2.50. The number of hydrogen-bond acceptors (Lipinski definition) is 3.